The maximum Gasteiger partial charge on any atom is 0.269 e. The van der Waals surface area contributed by atoms with Gasteiger partial charge < -0.3 is 4.90 Å². The average Bonchev–Trinajstić information content (AvgIpc) is 3.05. The van der Waals surface area contributed by atoms with Gasteiger partial charge in [0.15, 0.2) is 5.71 Å². The van der Waals surface area contributed by atoms with E-state index in [9.17, 15) is 10.1 Å². The van der Waals surface area contributed by atoms with E-state index in [1.54, 1.807) is 12.1 Å². The number of allylic oxidation sites excluding steroid dienone is 4. The number of hydrogen-bond acceptors (Lipinski definition) is 7. The number of benzene rings is 2. The molecule has 0 radical (unpaired) electrons. The Morgan fingerprint density at radius 3 is 2.17 bits per heavy atom. The molecular formula is C26H30ClN3O6. The van der Waals surface area contributed by atoms with Crippen molar-refractivity contribution in [3.05, 3.63) is 87.1 Å². The summed E-state index contributed by atoms with van der Waals surface area (Å²) in [5.74, 6) is 0. The number of rotatable bonds is 3. The van der Waals surface area contributed by atoms with Crippen LogP contribution in [0.5, 0.6) is 0 Å². The van der Waals surface area contributed by atoms with Crippen molar-refractivity contribution in [1.29, 1.82) is 0 Å². The zero-order valence-corrected chi connectivity index (χ0v) is 22.1. The third-order valence-electron chi connectivity index (χ3n) is 6.92. The molecule has 192 valence electrons. The highest BCUT2D eigenvalue weighted by atomic mass is 35.7. The number of fused-ring (bicyclic) bond motifs is 2. The zero-order valence-electron chi connectivity index (χ0n) is 21.4. The average molecular weight is 516 g/mol. The Kier molecular flexibility index (Phi) is 7.20. The third kappa shape index (κ3) is 5.21. The molecule has 0 amide bonds. The summed E-state index contributed by atoms with van der Waals surface area (Å²) < 4.78 is 36.2. The second kappa shape index (κ2) is 9.42. The molecule has 0 aliphatic carbocycles. The number of nitro groups is 1. The second-order valence-corrected chi connectivity index (χ2v) is 10.8. The Morgan fingerprint density at radius 2 is 1.58 bits per heavy atom. The van der Waals surface area contributed by atoms with Gasteiger partial charge in [-0.3, -0.25) is 10.1 Å². The summed E-state index contributed by atoms with van der Waals surface area (Å²) in [5.41, 5.74) is 7.98. The van der Waals surface area contributed by atoms with Gasteiger partial charge in [-0.1, -0.05) is 31.6 Å². The number of halogens is 1. The number of hydrogen-bond donors (Lipinski definition) is 0. The molecule has 2 aromatic carbocycles. The number of nitro benzene ring substituents is 1. The van der Waals surface area contributed by atoms with Gasteiger partial charge in [0.25, 0.3) is 5.69 Å². The molecule has 0 aromatic heterocycles. The molecule has 0 unspecified atom stereocenters. The number of non-ortho nitro benzene ring substituents is 1. The Morgan fingerprint density at radius 1 is 0.972 bits per heavy atom. The molecule has 2 aliphatic heterocycles. The molecule has 0 saturated heterocycles. The van der Waals surface area contributed by atoms with Crippen LogP contribution in [0.15, 0.2) is 60.3 Å². The Labute approximate surface area is 212 Å². The summed E-state index contributed by atoms with van der Waals surface area (Å²) in [6.45, 7) is 10.9. The van der Waals surface area contributed by atoms with Gasteiger partial charge in [-0.05, 0) is 44.5 Å². The van der Waals surface area contributed by atoms with E-state index in [0.717, 1.165) is 16.9 Å². The summed E-state index contributed by atoms with van der Waals surface area (Å²) >= 11 is 0. The molecule has 2 aliphatic rings. The molecule has 0 spiro atoms. The molecule has 0 bridgehead atoms. The van der Waals surface area contributed by atoms with Crippen molar-refractivity contribution < 1.29 is 38.4 Å². The van der Waals surface area contributed by atoms with Crippen LogP contribution in [0.4, 0.5) is 17.1 Å². The van der Waals surface area contributed by atoms with E-state index < -0.39 is 10.2 Å². The predicted octanol–water partition coefficient (Wildman–Crippen LogP) is 1.02. The van der Waals surface area contributed by atoms with Crippen LogP contribution in [0, 0.1) is 27.3 Å². The van der Waals surface area contributed by atoms with E-state index in [0.29, 0.717) is 0 Å². The smallest absolute Gasteiger partial charge is 0.269 e. The SMILES string of the molecule is Cc1ccc2c(c1)C(C)(C)C(/C=C/C=C1\N(C)c3ccc([N+](=O)[O-])cc3C1(C)C)=[N+]2C.[O-][Cl+3]([O-])([O-])[O-]. The molecular weight excluding hydrogens is 486 g/mol. The van der Waals surface area contributed by atoms with Crippen LogP contribution in [0.3, 0.4) is 0 Å². The van der Waals surface area contributed by atoms with Crippen molar-refractivity contribution in [3.63, 3.8) is 0 Å². The fourth-order valence-corrected chi connectivity index (χ4v) is 5.12. The van der Waals surface area contributed by atoms with Gasteiger partial charge in [-0.15, -0.1) is 10.2 Å². The Hall–Kier alpha value is -3.08. The lowest BCUT2D eigenvalue weighted by molar-refractivity contribution is -2.00. The van der Waals surface area contributed by atoms with E-state index in [-0.39, 0.29) is 21.4 Å². The normalized spacial score (nSPS) is 18.9. The van der Waals surface area contributed by atoms with Gasteiger partial charge in [-0.25, -0.2) is 18.6 Å². The van der Waals surface area contributed by atoms with E-state index >= 15 is 0 Å². The topological polar surface area (TPSA) is 142 Å². The van der Waals surface area contributed by atoms with Crippen LogP contribution in [-0.4, -0.2) is 29.3 Å². The summed E-state index contributed by atoms with van der Waals surface area (Å²) in [5, 5.41) is 11.3. The Balaban J connectivity index is 0.000000658. The molecule has 0 atom stereocenters. The van der Waals surface area contributed by atoms with Crippen molar-refractivity contribution in [2.75, 3.05) is 19.0 Å². The van der Waals surface area contributed by atoms with Crippen LogP contribution in [0.2, 0.25) is 0 Å². The summed E-state index contributed by atoms with van der Waals surface area (Å²) in [7, 11) is -0.799. The molecule has 2 aromatic rings. The van der Waals surface area contributed by atoms with Gasteiger partial charge >= 0.3 is 0 Å². The van der Waals surface area contributed by atoms with E-state index in [4.69, 9.17) is 18.6 Å². The molecule has 36 heavy (non-hydrogen) atoms. The van der Waals surface area contributed by atoms with Gasteiger partial charge in [0.2, 0.25) is 5.69 Å². The molecule has 9 nitrogen and oxygen atoms in total. The number of anilines is 1. The monoisotopic (exact) mass is 515 g/mol. The summed E-state index contributed by atoms with van der Waals surface area (Å²) in [4.78, 5) is 13.1. The van der Waals surface area contributed by atoms with Crippen LogP contribution in [0.25, 0.3) is 0 Å². The first-order valence-electron chi connectivity index (χ1n) is 11.2. The van der Waals surface area contributed by atoms with Crippen molar-refractivity contribution in [1.82, 2.24) is 0 Å². The minimum atomic E-state index is -4.94. The lowest BCUT2D eigenvalue weighted by Gasteiger charge is -2.23. The molecule has 0 N–H and O–H groups in total. The molecule has 4 rings (SSSR count). The minimum Gasteiger partial charge on any atom is -0.347 e. The molecule has 0 saturated carbocycles. The van der Waals surface area contributed by atoms with Crippen LogP contribution in [0.1, 0.15) is 44.4 Å². The maximum absolute atomic E-state index is 11.3. The lowest BCUT2D eigenvalue weighted by Crippen LogP contribution is -2.68. The quantitative estimate of drug-likeness (QED) is 0.337. The number of nitrogens with zero attached hydrogens (tertiary/aromatic N) is 3. The van der Waals surface area contributed by atoms with Crippen molar-refractivity contribution in [2.45, 2.75) is 45.4 Å². The fraction of sp³-hybridized carbons (Fsp3) is 0.346. The maximum atomic E-state index is 11.3. The lowest BCUT2D eigenvalue weighted by atomic mass is 9.80. The van der Waals surface area contributed by atoms with Gasteiger partial charge in [0.05, 0.1) is 10.3 Å². The van der Waals surface area contributed by atoms with E-state index in [1.165, 1.54) is 22.5 Å². The van der Waals surface area contributed by atoms with Gasteiger partial charge in [0.1, 0.15) is 7.05 Å². The van der Waals surface area contributed by atoms with Gasteiger partial charge in [-0.2, -0.15) is 4.58 Å². The van der Waals surface area contributed by atoms with Crippen LogP contribution >= 0.6 is 0 Å². The zero-order chi connectivity index (χ0) is 27.2. The third-order valence-corrected chi connectivity index (χ3v) is 6.92. The van der Waals surface area contributed by atoms with Crippen molar-refractivity contribution in [3.8, 4) is 0 Å². The first-order valence-corrected chi connectivity index (χ1v) is 12.4. The number of likely N-dealkylation sites (N-methyl/N-ethyl adjacent to an activating group) is 1. The van der Waals surface area contributed by atoms with E-state index in [2.05, 4.69) is 87.6 Å². The predicted molar refractivity (Wildman–Crippen MR) is 127 cm³/mol. The molecule has 2 heterocycles. The highest BCUT2D eigenvalue weighted by Gasteiger charge is 2.43. The molecule has 10 heteroatoms. The largest absolute Gasteiger partial charge is 0.347 e. The van der Waals surface area contributed by atoms with Crippen LogP contribution < -0.4 is 23.5 Å². The van der Waals surface area contributed by atoms with Crippen molar-refractivity contribution in [2.24, 2.45) is 0 Å². The fourth-order valence-electron chi connectivity index (χ4n) is 5.12. The standard InChI is InChI=1S/C26H30N3O2.ClHO4/c1-17-11-13-21-19(15-17)25(2,3)23(27(21)6)9-8-10-24-26(4,5)20-16-18(29(30)31)12-14-22(20)28(24)7;2-1(3,4)5/h8-16H,1-7H3;(H,2,3,4,5)/q+1;/p-1. The van der Waals surface area contributed by atoms with Crippen LogP contribution in [-0.2, 0) is 10.8 Å². The van der Waals surface area contributed by atoms with E-state index in [1.807, 2.05) is 13.1 Å². The van der Waals surface area contributed by atoms with Gasteiger partial charge in [0, 0.05) is 53.7 Å². The highest BCUT2D eigenvalue weighted by Crippen LogP contribution is 2.48. The summed E-state index contributed by atoms with van der Waals surface area (Å²) in [6.07, 6.45) is 6.44. The first-order chi connectivity index (χ1) is 16.5. The number of aryl methyl sites for hydroxylation is 1. The second-order valence-electron chi connectivity index (χ2n) is 10.0. The minimum absolute atomic E-state index is 0.0776. The molecule has 0 fully saturated rings. The van der Waals surface area contributed by atoms with Crippen molar-refractivity contribution >= 4 is 22.8 Å². The highest BCUT2D eigenvalue weighted by molar-refractivity contribution is 6.03. The Bertz CT molecular complexity index is 1300. The first kappa shape index (κ1) is 27.5. The summed E-state index contributed by atoms with van der Waals surface area (Å²) in [6, 6.07) is 11.8.